The average molecular weight is 359 g/mol. The van der Waals surface area contributed by atoms with Crippen LogP contribution in [-0.2, 0) is 16.0 Å². The van der Waals surface area contributed by atoms with E-state index < -0.39 is 0 Å². The highest BCUT2D eigenvalue weighted by Crippen LogP contribution is 2.26. The number of methoxy groups -OCH3 is 1. The topological polar surface area (TPSA) is 71.5 Å². The normalized spacial score (nSPS) is 15.3. The van der Waals surface area contributed by atoms with Gasteiger partial charge in [0, 0.05) is 23.9 Å². The minimum absolute atomic E-state index is 0.107. The summed E-state index contributed by atoms with van der Waals surface area (Å²) in [5, 5.41) is 5.50. The van der Waals surface area contributed by atoms with Crippen molar-refractivity contribution in [3.8, 4) is 5.75 Å². The summed E-state index contributed by atoms with van der Waals surface area (Å²) < 4.78 is 5.34. The van der Waals surface area contributed by atoms with E-state index in [4.69, 9.17) is 4.74 Å². The van der Waals surface area contributed by atoms with Crippen molar-refractivity contribution in [2.24, 2.45) is 0 Å². The van der Waals surface area contributed by atoms with Crippen molar-refractivity contribution in [1.29, 1.82) is 0 Å². The molecule has 2 amide bonds. The van der Waals surface area contributed by atoms with Gasteiger partial charge in [-0.25, -0.2) is 4.98 Å². The molecule has 2 aromatic rings. The summed E-state index contributed by atoms with van der Waals surface area (Å²) in [6, 6.07) is 7.46. The Morgan fingerprint density at radius 1 is 1.44 bits per heavy atom. The summed E-state index contributed by atoms with van der Waals surface area (Å²) >= 11 is 1.41. The van der Waals surface area contributed by atoms with Gasteiger partial charge in [0.25, 0.3) is 0 Å². The van der Waals surface area contributed by atoms with Crippen molar-refractivity contribution in [2.75, 3.05) is 18.6 Å². The van der Waals surface area contributed by atoms with E-state index in [-0.39, 0.29) is 24.3 Å². The number of hydrogen-bond donors (Lipinski definition) is 1. The van der Waals surface area contributed by atoms with Gasteiger partial charge in [-0.1, -0.05) is 18.2 Å². The highest BCUT2D eigenvalue weighted by molar-refractivity contribution is 7.14. The molecule has 1 aromatic carbocycles. The molecule has 1 aliphatic heterocycles. The largest absolute Gasteiger partial charge is 0.496 e. The van der Waals surface area contributed by atoms with Crippen molar-refractivity contribution >= 4 is 28.3 Å². The third-order valence-electron chi connectivity index (χ3n) is 4.17. The van der Waals surface area contributed by atoms with E-state index in [2.05, 4.69) is 10.3 Å². The molecule has 1 aromatic heterocycles. The van der Waals surface area contributed by atoms with Crippen LogP contribution >= 0.6 is 11.3 Å². The maximum Gasteiger partial charge on any atom is 0.228 e. The van der Waals surface area contributed by atoms with Crippen molar-refractivity contribution < 1.29 is 14.3 Å². The number of ether oxygens (including phenoxy) is 1. The Bertz CT molecular complexity index is 774. The molecule has 7 heteroatoms. The fourth-order valence-corrected chi connectivity index (χ4v) is 3.78. The lowest BCUT2D eigenvalue weighted by atomic mass is 10.1. The summed E-state index contributed by atoms with van der Waals surface area (Å²) in [5.41, 5.74) is 1.62. The molecule has 0 aliphatic carbocycles. The second-order valence-corrected chi connectivity index (χ2v) is 6.81. The number of nitrogens with one attached hydrogen (secondary N) is 1. The molecule has 6 nitrogen and oxygen atoms in total. The first-order chi connectivity index (χ1) is 12.1. The lowest BCUT2D eigenvalue weighted by Gasteiger charge is -2.17. The molecule has 0 saturated carbocycles. The molecule has 0 spiro atoms. The molecule has 1 atom stereocenters. The molecule has 0 bridgehead atoms. The number of anilines is 1. The zero-order valence-electron chi connectivity index (χ0n) is 14.3. The number of rotatable bonds is 6. The summed E-state index contributed by atoms with van der Waals surface area (Å²) in [6.07, 6.45) is 1.63. The van der Waals surface area contributed by atoms with Crippen LogP contribution in [0.15, 0.2) is 29.6 Å². The minimum atomic E-state index is -0.165. The smallest absolute Gasteiger partial charge is 0.228 e. The first kappa shape index (κ1) is 17.4. The molecule has 1 aliphatic rings. The number of nitrogens with zero attached hydrogens (tertiary/aromatic N) is 2. The molecule has 0 unspecified atom stereocenters. The van der Waals surface area contributed by atoms with Gasteiger partial charge in [0.1, 0.15) is 5.75 Å². The van der Waals surface area contributed by atoms with Crippen LogP contribution in [0.1, 0.15) is 37.1 Å². The van der Waals surface area contributed by atoms with Crippen LogP contribution in [0, 0.1) is 0 Å². The van der Waals surface area contributed by atoms with E-state index in [9.17, 15) is 9.59 Å². The number of para-hydroxylation sites is 1. The predicted octanol–water partition coefficient (Wildman–Crippen LogP) is 2.70. The minimum Gasteiger partial charge on any atom is -0.496 e. The van der Waals surface area contributed by atoms with Crippen LogP contribution in [-0.4, -0.2) is 30.5 Å². The third kappa shape index (κ3) is 3.99. The lowest BCUT2D eigenvalue weighted by molar-refractivity contribution is -0.121. The van der Waals surface area contributed by atoms with Gasteiger partial charge in [0.15, 0.2) is 5.13 Å². The Morgan fingerprint density at radius 3 is 2.96 bits per heavy atom. The number of carbonyl (C=O) groups is 2. The monoisotopic (exact) mass is 359 g/mol. The average Bonchev–Trinajstić information content (AvgIpc) is 3.23. The highest BCUT2D eigenvalue weighted by atomic mass is 32.1. The van der Waals surface area contributed by atoms with Crippen molar-refractivity contribution in [2.45, 2.75) is 32.2 Å². The number of aromatic nitrogens is 1. The first-order valence-electron chi connectivity index (χ1n) is 8.25. The fraction of sp³-hybridized carbons (Fsp3) is 0.389. The number of benzene rings is 1. The zero-order chi connectivity index (χ0) is 17.8. The van der Waals surface area contributed by atoms with Gasteiger partial charge in [0.05, 0.1) is 25.3 Å². The van der Waals surface area contributed by atoms with Gasteiger partial charge in [-0.15, -0.1) is 11.3 Å². The summed E-state index contributed by atoms with van der Waals surface area (Å²) in [5.74, 6) is 0.747. The van der Waals surface area contributed by atoms with Gasteiger partial charge < -0.3 is 10.1 Å². The van der Waals surface area contributed by atoms with Crippen LogP contribution in [0.5, 0.6) is 5.75 Å². The van der Waals surface area contributed by atoms with E-state index in [0.29, 0.717) is 23.8 Å². The third-order valence-corrected chi connectivity index (χ3v) is 5.08. The lowest BCUT2D eigenvalue weighted by Crippen LogP contribution is -2.28. The van der Waals surface area contributed by atoms with Crippen molar-refractivity contribution in [1.82, 2.24) is 10.3 Å². The van der Waals surface area contributed by atoms with Crippen LogP contribution in [0.4, 0.5) is 5.13 Å². The quantitative estimate of drug-likeness (QED) is 0.861. The van der Waals surface area contributed by atoms with Crippen LogP contribution in [0.25, 0.3) is 0 Å². The SMILES string of the molecule is COc1ccccc1[C@H](C)NC(=O)Cc1csc(N2CCCC2=O)n1. The molecular weight excluding hydrogens is 338 g/mol. The van der Waals surface area contributed by atoms with E-state index in [1.54, 1.807) is 12.0 Å². The van der Waals surface area contributed by atoms with Gasteiger partial charge >= 0.3 is 0 Å². The van der Waals surface area contributed by atoms with E-state index in [1.807, 2.05) is 36.6 Å². The summed E-state index contributed by atoms with van der Waals surface area (Å²) in [6.45, 7) is 2.63. The number of hydrogen-bond acceptors (Lipinski definition) is 5. The van der Waals surface area contributed by atoms with E-state index in [0.717, 1.165) is 17.7 Å². The van der Waals surface area contributed by atoms with E-state index in [1.165, 1.54) is 11.3 Å². The summed E-state index contributed by atoms with van der Waals surface area (Å²) in [7, 11) is 1.61. The molecule has 132 valence electrons. The standard InChI is InChI=1S/C18H21N3O3S/c1-12(14-6-3-4-7-15(14)24-2)19-16(22)10-13-11-25-18(20-13)21-9-5-8-17(21)23/h3-4,6-7,11-12H,5,8-10H2,1-2H3,(H,19,22)/t12-/m0/s1. The Morgan fingerprint density at radius 2 is 2.24 bits per heavy atom. The van der Waals surface area contributed by atoms with Crippen LogP contribution < -0.4 is 15.0 Å². The maximum absolute atomic E-state index is 12.3. The molecule has 2 heterocycles. The summed E-state index contributed by atoms with van der Waals surface area (Å²) in [4.78, 5) is 30.2. The number of carbonyl (C=O) groups excluding carboxylic acids is 2. The van der Waals surface area contributed by atoms with Crippen LogP contribution in [0.3, 0.4) is 0 Å². The molecule has 0 radical (unpaired) electrons. The van der Waals surface area contributed by atoms with E-state index >= 15 is 0 Å². The zero-order valence-corrected chi connectivity index (χ0v) is 15.1. The predicted molar refractivity (Wildman–Crippen MR) is 97.0 cm³/mol. The first-order valence-corrected chi connectivity index (χ1v) is 9.13. The molecule has 1 saturated heterocycles. The molecule has 3 rings (SSSR count). The van der Waals surface area contributed by atoms with Crippen LogP contribution in [0.2, 0.25) is 0 Å². The van der Waals surface area contributed by atoms with Gasteiger partial charge in [0.2, 0.25) is 11.8 Å². The van der Waals surface area contributed by atoms with Crippen molar-refractivity contribution in [3.05, 3.63) is 40.9 Å². The molecule has 1 fully saturated rings. The number of amides is 2. The Kier molecular flexibility index (Phi) is 5.33. The second kappa shape index (κ2) is 7.65. The highest BCUT2D eigenvalue weighted by Gasteiger charge is 2.24. The maximum atomic E-state index is 12.3. The second-order valence-electron chi connectivity index (χ2n) is 5.98. The fourth-order valence-electron chi connectivity index (χ4n) is 2.91. The van der Waals surface area contributed by atoms with Gasteiger partial charge in [-0.3, -0.25) is 14.5 Å². The molecule has 1 N–H and O–H groups in total. The molecule has 25 heavy (non-hydrogen) atoms. The Hall–Kier alpha value is -2.41. The molecular formula is C18H21N3O3S. The number of thiazole rings is 1. The van der Waals surface area contributed by atoms with Gasteiger partial charge in [-0.05, 0) is 19.4 Å². The van der Waals surface area contributed by atoms with Gasteiger partial charge in [-0.2, -0.15) is 0 Å². The van der Waals surface area contributed by atoms with Crippen molar-refractivity contribution in [3.63, 3.8) is 0 Å². The Labute approximate surface area is 150 Å². The Balaban J connectivity index is 1.61.